The second-order valence-electron chi connectivity index (χ2n) is 4.50. The van der Waals surface area contributed by atoms with Gasteiger partial charge in [-0.15, -0.1) is 0 Å². The van der Waals surface area contributed by atoms with Gasteiger partial charge in [-0.05, 0) is 44.4 Å². The molecule has 1 rings (SSSR count). The van der Waals surface area contributed by atoms with Crippen LogP contribution >= 0.6 is 11.6 Å². The Balaban J connectivity index is 3.07. The van der Waals surface area contributed by atoms with Crippen molar-refractivity contribution in [2.45, 2.75) is 39.7 Å². The average Bonchev–Trinajstić information content (AvgIpc) is 2.28. The molecule has 0 saturated heterocycles. The Morgan fingerprint density at radius 3 is 2.59 bits per heavy atom. The molecule has 0 aromatic heterocycles. The van der Waals surface area contributed by atoms with Gasteiger partial charge in [-0.3, -0.25) is 0 Å². The highest BCUT2D eigenvalue weighted by molar-refractivity contribution is 6.31. The molecule has 0 radical (unpaired) electrons. The van der Waals surface area contributed by atoms with Gasteiger partial charge in [0.05, 0.1) is 0 Å². The molecule has 1 aromatic rings. The second kappa shape index (κ2) is 6.87. The van der Waals surface area contributed by atoms with Crippen molar-refractivity contribution >= 4 is 17.3 Å². The number of halogens is 1. The minimum absolute atomic E-state index is 0.133. The van der Waals surface area contributed by atoms with Crippen LogP contribution < -0.4 is 10.6 Å². The number of anilines is 1. The molecule has 3 heteroatoms. The van der Waals surface area contributed by atoms with Gasteiger partial charge in [-0.25, -0.2) is 0 Å². The lowest BCUT2D eigenvalue weighted by molar-refractivity contribution is 0.726. The Kier molecular flexibility index (Phi) is 5.79. The molecule has 0 aliphatic heterocycles. The van der Waals surface area contributed by atoms with Gasteiger partial charge < -0.3 is 10.6 Å². The normalized spacial score (nSPS) is 12.5. The van der Waals surface area contributed by atoms with Crippen LogP contribution in [0.5, 0.6) is 0 Å². The van der Waals surface area contributed by atoms with Crippen LogP contribution in [0.25, 0.3) is 0 Å². The maximum absolute atomic E-state index is 6.29. The van der Waals surface area contributed by atoms with Gasteiger partial charge in [0, 0.05) is 29.8 Å². The van der Waals surface area contributed by atoms with E-state index in [1.54, 1.807) is 0 Å². The first kappa shape index (κ1) is 14.3. The van der Waals surface area contributed by atoms with Gasteiger partial charge in [0.25, 0.3) is 0 Å². The highest BCUT2D eigenvalue weighted by Crippen LogP contribution is 2.28. The quantitative estimate of drug-likeness (QED) is 0.842. The van der Waals surface area contributed by atoms with Crippen molar-refractivity contribution in [1.82, 2.24) is 0 Å². The van der Waals surface area contributed by atoms with Crippen molar-refractivity contribution in [2.24, 2.45) is 5.73 Å². The summed E-state index contributed by atoms with van der Waals surface area (Å²) in [5.41, 5.74) is 8.32. The summed E-state index contributed by atoms with van der Waals surface area (Å²) in [7, 11) is 0. The summed E-state index contributed by atoms with van der Waals surface area (Å²) in [5.74, 6) is 0. The Morgan fingerprint density at radius 1 is 1.35 bits per heavy atom. The molecule has 0 aliphatic rings. The molecule has 96 valence electrons. The first-order valence-corrected chi connectivity index (χ1v) is 6.75. The lowest BCUT2D eigenvalue weighted by atomic mass is 10.0. The minimum atomic E-state index is 0.133. The Labute approximate surface area is 110 Å². The van der Waals surface area contributed by atoms with Crippen molar-refractivity contribution in [3.8, 4) is 0 Å². The highest BCUT2D eigenvalue weighted by atomic mass is 35.5. The third kappa shape index (κ3) is 3.90. The minimum Gasteiger partial charge on any atom is -0.372 e. The fraction of sp³-hybridized carbons (Fsp3) is 0.571. The maximum Gasteiger partial charge on any atom is 0.0459 e. The third-order valence-electron chi connectivity index (χ3n) is 2.84. The summed E-state index contributed by atoms with van der Waals surface area (Å²) >= 11 is 6.29. The van der Waals surface area contributed by atoms with Gasteiger partial charge in [0.1, 0.15) is 0 Å². The van der Waals surface area contributed by atoms with Crippen LogP contribution in [-0.2, 0) is 6.42 Å². The monoisotopic (exact) mass is 254 g/mol. The summed E-state index contributed by atoms with van der Waals surface area (Å²) in [4.78, 5) is 2.36. The van der Waals surface area contributed by atoms with E-state index in [0.29, 0.717) is 0 Å². The molecule has 1 unspecified atom stereocenters. The van der Waals surface area contributed by atoms with E-state index >= 15 is 0 Å². The number of benzene rings is 1. The Bertz CT molecular complexity index is 350. The van der Waals surface area contributed by atoms with Crippen LogP contribution in [0.2, 0.25) is 5.02 Å². The zero-order valence-electron chi connectivity index (χ0n) is 11.0. The van der Waals surface area contributed by atoms with Crippen molar-refractivity contribution in [2.75, 3.05) is 18.0 Å². The van der Waals surface area contributed by atoms with E-state index in [0.717, 1.165) is 31.0 Å². The standard InChI is InChI=1S/C14H23ClN2/c1-4-9-17(5-2)14-8-6-7-13(15)12(14)10-11(3)16/h6-8,11H,4-5,9-10,16H2,1-3H3. The summed E-state index contributed by atoms with van der Waals surface area (Å²) in [6.45, 7) is 8.44. The third-order valence-corrected chi connectivity index (χ3v) is 3.19. The van der Waals surface area contributed by atoms with Crippen molar-refractivity contribution in [1.29, 1.82) is 0 Å². The molecule has 2 N–H and O–H groups in total. The molecule has 0 bridgehead atoms. The molecule has 0 saturated carbocycles. The zero-order valence-corrected chi connectivity index (χ0v) is 11.8. The Morgan fingerprint density at radius 2 is 2.06 bits per heavy atom. The fourth-order valence-corrected chi connectivity index (χ4v) is 2.33. The Hall–Kier alpha value is -0.730. The molecule has 0 aliphatic carbocycles. The molecular formula is C14H23ClN2. The van der Waals surface area contributed by atoms with Crippen LogP contribution in [0, 0.1) is 0 Å². The van der Waals surface area contributed by atoms with E-state index < -0.39 is 0 Å². The fourth-order valence-electron chi connectivity index (χ4n) is 2.09. The molecule has 0 spiro atoms. The van der Waals surface area contributed by atoms with Crippen molar-refractivity contribution < 1.29 is 0 Å². The highest BCUT2D eigenvalue weighted by Gasteiger charge is 2.13. The van der Waals surface area contributed by atoms with Crippen LogP contribution in [0.15, 0.2) is 18.2 Å². The molecule has 0 amide bonds. The molecule has 1 aromatic carbocycles. The summed E-state index contributed by atoms with van der Waals surface area (Å²) in [6.07, 6.45) is 1.97. The second-order valence-corrected chi connectivity index (χ2v) is 4.91. The predicted octanol–water partition coefficient (Wildman–Crippen LogP) is 3.47. The van der Waals surface area contributed by atoms with E-state index in [1.165, 1.54) is 11.3 Å². The van der Waals surface area contributed by atoms with Crippen LogP contribution in [0.1, 0.15) is 32.8 Å². The SMILES string of the molecule is CCCN(CC)c1cccc(Cl)c1CC(C)N. The van der Waals surface area contributed by atoms with Crippen LogP contribution in [-0.4, -0.2) is 19.1 Å². The molecule has 17 heavy (non-hydrogen) atoms. The number of nitrogens with two attached hydrogens (primary N) is 1. The van der Waals surface area contributed by atoms with Gasteiger partial charge in [0.2, 0.25) is 0 Å². The molecular weight excluding hydrogens is 232 g/mol. The van der Waals surface area contributed by atoms with Crippen LogP contribution in [0.4, 0.5) is 5.69 Å². The number of hydrogen-bond donors (Lipinski definition) is 1. The predicted molar refractivity (Wildman–Crippen MR) is 77.0 cm³/mol. The van der Waals surface area contributed by atoms with E-state index in [4.69, 9.17) is 17.3 Å². The zero-order chi connectivity index (χ0) is 12.8. The number of nitrogens with zero attached hydrogens (tertiary/aromatic N) is 1. The molecule has 2 nitrogen and oxygen atoms in total. The van der Waals surface area contributed by atoms with E-state index in [9.17, 15) is 0 Å². The van der Waals surface area contributed by atoms with E-state index in [1.807, 2.05) is 19.1 Å². The first-order valence-electron chi connectivity index (χ1n) is 6.38. The van der Waals surface area contributed by atoms with Gasteiger partial charge in [-0.2, -0.15) is 0 Å². The number of rotatable bonds is 6. The smallest absolute Gasteiger partial charge is 0.0459 e. The van der Waals surface area contributed by atoms with Crippen molar-refractivity contribution in [3.05, 3.63) is 28.8 Å². The van der Waals surface area contributed by atoms with Gasteiger partial charge in [0.15, 0.2) is 0 Å². The van der Waals surface area contributed by atoms with Crippen molar-refractivity contribution in [3.63, 3.8) is 0 Å². The van der Waals surface area contributed by atoms with Gasteiger partial charge >= 0.3 is 0 Å². The molecule has 1 atom stereocenters. The lowest BCUT2D eigenvalue weighted by Gasteiger charge is -2.26. The molecule has 0 fully saturated rings. The maximum atomic E-state index is 6.29. The van der Waals surface area contributed by atoms with E-state index in [2.05, 4.69) is 24.8 Å². The average molecular weight is 255 g/mol. The molecule has 0 heterocycles. The van der Waals surface area contributed by atoms with Crippen LogP contribution in [0.3, 0.4) is 0 Å². The van der Waals surface area contributed by atoms with E-state index in [-0.39, 0.29) is 6.04 Å². The topological polar surface area (TPSA) is 29.3 Å². The summed E-state index contributed by atoms with van der Waals surface area (Å²) < 4.78 is 0. The largest absolute Gasteiger partial charge is 0.372 e. The summed E-state index contributed by atoms with van der Waals surface area (Å²) in [6, 6.07) is 6.24. The summed E-state index contributed by atoms with van der Waals surface area (Å²) in [5, 5.41) is 0.828. The number of hydrogen-bond acceptors (Lipinski definition) is 2. The van der Waals surface area contributed by atoms with Gasteiger partial charge in [-0.1, -0.05) is 24.6 Å². The lowest BCUT2D eigenvalue weighted by Crippen LogP contribution is -2.26. The first-order chi connectivity index (χ1) is 8.10.